The van der Waals surface area contributed by atoms with Gasteiger partial charge in [0.15, 0.2) is 0 Å². The summed E-state index contributed by atoms with van der Waals surface area (Å²) in [6.45, 7) is 9.60. The standard InChI is InChI=1S/C26H27N3O/c1-18-6-3-7-19(2)24(18)28-26-22-11-5-9-20-8-4-10-21(23(20)22)25(26)27-12-13-29-14-16-30-17-15-29/h3-11H,12-17H2,1-2H3/b27-25+,28-26+. The van der Waals surface area contributed by atoms with E-state index in [9.17, 15) is 0 Å². The van der Waals surface area contributed by atoms with Crippen LogP contribution in [0.4, 0.5) is 5.69 Å². The number of hydrogen-bond donors (Lipinski definition) is 0. The van der Waals surface area contributed by atoms with E-state index in [2.05, 4.69) is 73.3 Å². The van der Waals surface area contributed by atoms with E-state index in [1.54, 1.807) is 0 Å². The summed E-state index contributed by atoms with van der Waals surface area (Å²) >= 11 is 0. The molecule has 1 aliphatic heterocycles. The monoisotopic (exact) mass is 397 g/mol. The molecule has 3 aromatic carbocycles. The second-order valence-corrected chi connectivity index (χ2v) is 8.09. The summed E-state index contributed by atoms with van der Waals surface area (Å²) < 4.78 is 5.47. The van der Waals surface area contributed by atoms with Crippen LogP contribution < -0.4 is 0 Å². The molecule has 0 N–H and O–H groups in total. The minimum absolute atomic E-state index is 0.769. The van der Waals surface area contributed by atoms with Crippen molar-refractivity contribution in [3.8, 4) is 0 Å². The Morgan fingerprint density at radius 3 is 2.17 bits per heavy atom. The molecule has 0 saturated carbocycles. The number of morpholine rings is 1. The number of nitrogens with zero attached hydrogens (tertiary/aromatic N) is 3. The lowest BCUT2D eigenvalue weighted by atomic mass is 10.1. The van der Waals surface area contributed by atoms with Crippen molar-refractivity contribution in [2.45, 2.75) is 13.8 Å². The molecule has 152 valence electrons. The number of aryl methyl sites for hydroxylation is 2. The fourth-order valence-corrected chi connectivity index (χ4v) is 4.49. The highest BCUT2D eigenvalue weighted by molar-refractivity contribution is 6.61. The number of hydrogen-bond acceptors (Lipinski definition) is 4. The molecule has 1 aliphatic carbocycles. The molecule has 3 aromatic rings. The van der Waals surface area contributed by atoms with Crippen LogP contribution in [0.3, 0.4) is 0 Å². The molecule has 0 atom stereocenters. The lowest BCUT2D eigenvalue weighted by molar-refractivity contribution is 0.0394. The van der Waals surface area contributed by atoms with Crippen LogP contribution >= 0.6 is 0 Å². The summed E-state index contributed by atoms with van der Waals surface area (Å²) in [6, 6.07) is 19.3. The van der Waals surface area contributed by atoms with Crippen molar-refractivity contribution in [1.29, 1.82) is 0 Å². The molecule has 5 rings (SSSR count). The van der Waals surface area contributed by atoms with Gasteiger partial charge in [0, 0.05) is 36.1 Å². The highest BCUT2D eigenvalue weighted by Crippen LogP contribution is 2.34. The van der Waals surface area contributed by atoms with Gasteiger partial charge in [-0.25, -0.2) is 4.99 Å². The van der Waals surface area contributed by atoms with Gasteiger partial charge in [0.05, 0.1) is 36.9 Å². The van der Waals surface area contributed by atoms with Crippen LogP contribution in [0.2, 0.25) is 0 Å². The van der Waals surface area contributed by atoms with E-state index in [1.165, 1.54) is 33.0 Å². The van der Waals surface area contributed by atoms with Gasteiger partial charge < -0.3 is 4.74 Å². The Labute approximate surface area is 177 Å². The van der Waals surface area contributed by atoms with Crippen LogP contribution in [-0.2, 0) is 4.74 Å². The van der Waals surface area contributed by atoms with Gasteiger partial charge in [0.2, 0.25) is 0 Å². The summed E-state index contributed by atoms with van der Waals surface area (Å²) in [5, 5.41) is 2.52. The highest BCUT2D eigenvalue weighted by atomic mass is 16.5. The zero-order valence-corrected chi connectivity index (χ0v) is 17.7. The first-order chi connectivity index (χ1) is 14.7. The van der Waals surface area contributed by atoms with E-state index in [4.69, 9.17) is 14.7 Å². The van der Waals surface area contributed by atoms with E-state index in [0.29, 0.717) is 0 Å². The van der Waals surface area contributed by atoms with Gasteiger partial charge in [-0.1, -0.05) is 54.6 Å². The lowest BCUT2D eigenvalue weighted by Gasteiger charge is -2.25. The van der Waals surface area contributed by atoms with Gasteiger partial charge in [-0.2, -0.15) is 0 Å². The Morgan fingerprint density at radius 1 is 0.833 bits per heavy atom. The molecule has 0 spiro atoms. The Hall–Kier alpha value is -2.82. The number of para-hydroxylation sites is 1. The number of aliphatic imine (C=N–C) groups is 2. The zero-order chi connectivity index (χ0) is 20.5. The second kappa shape index (κ2) is 8.13. The molecule has 2 aliphatic rings. The maximum atomic E-state index is 5.47. The third-order valence-corrected chi connectivity index (χ3v) is 6.09. The summed E-state index contributed by atoms with van der Waals surface area (Å²) in [6.07, 6.45) is 0. The van der Waals surface area contributed by atoms with Gasteiger partial charge in [-0.15, -0.1) is 0 Å². The van der Waals surface area contributed by atoms with E-state index in [-0.39, 0.29) is 0 Å². The molecule has 0 aromatic heterocycles. The van der Waals surface area contributed by atoms with Crippen molar-refractivity contribution in [3.05, 3.63) is 76.9 Å². The van der Waals surface area contributed by atoms with Crippen molar-refractivity contribution in [3.63, 3.8) is 0 Å². The molecule has 30 heavy (non-hydrogen) atoms. The van der Waals surface area contributed by atoms with E-state index in [1.807, 2.05) is 0 Å². The fourth-order valence-electron chi connectivity index (χ4n) is 4.49. The minimum atomic E-state index is 0.769. The van der Waals surface area contributed by atoms with Gasteiger partial charge in [-0.3, -0.25) is 9.89 Å². The number of rotatable bonds is 4. The number of benzene rings is 3. The average Bonchev–Trinajstić information content (AvgIpc) is 3.06. The van der Waals surface area contributed by atoms with Crippen LogP contribution in [0.1, 0.15) is 22.3 Å². The normalized spacial score (nSPS) is 19.3. The fraction of sp³-hybridized carbons (Fsp3) is 0.308. The maximum Gasteiger partial charge on any atom is 0.0974 e. The Bertz CT molecular complexity index is 1130. The van der Waals surface area contributed by atoms with Gasteiger partial charge in [-0.05, 0) is 30.4 Å². The molecule has 0 radical (unpaired) electrons. The second-order valence-electron chi connectivity index (χ2n) is 8.09. The molecule has 1 fully saturated rings. The molecule has 1 heterocycles. The first-order valence-electron chi connectivity index (χ1n) is 10.7. The van der Waals surface area contributed by atoms with Crippen molar-refractivity contribution >= 4 is 27.9 Å². The Morgan fingerprint density at radius 2 is 1.47 bits per heavy atom. The topological polar surface area (TPSA) is 37.2 Å². The molecule has 0 amide bonds. The quantitative estimate of drug-likeness (QED) is 0.639. The molecular weight excluding hydrogens is 370 g/mol. The van der Waals surface area contributed by atoms with Crippen molar-refractivity contribution in [1.82, 2.24) is 4.90 Å². The summed E-state index contributed by atoms with van der Waals surface area (Å²) in [5.74, 6) is 0. The maximum absolute atomic E-state index is 5.47. The molecule has 1 saturated heterocycles. The van der Waals surface area contributed by atoms with E-state index in [0.717, 1.165) is 56.5 Å². The molecule has 0 unspecified atom stereocenters. The summed E-state index contributed by atoms with van der Waals surface area (Å²) in [7, 11) is 0. The summed E-state index contributed by atoms with van der Waals surface area (Å²) in [5.41, 5.74) is 7.86. The largest absolute Gasteiger partial charge is 0.379 e. The smallest absolute Gasteiger partial charge is 0.0974 e. The predicted molar refractivity (Wildman–Crippen MR) is 125 cm³/mol. The van der Waals surface area contributed by atoms with Crippen molar-refractivity contribution in [2.24, 2.45) is 9.98 Å². The SMILES string of the molecule is Cc1cccc(C)c1/N=C1/C(=N/CCN2CCOCC2)c2cccc3cccc1c23. The first kappa shape index (κ1) is 19.2. The lowest BCUT2D eigenvalue weighted by Crippen LogP contribution is -2.37. The van der Waals surface area contributed by atoms with Crippen LogP contribution in [-0.4, -0.2) is 55.7 Å². The molecule has 0 bridgehead atoms. The van der Waals surface area contributed by atoms with E-state index < -0.39 is 0 Å². The number of ether oxygens (including phenoxy) is 1. The van der Waals surface area contributed by atoms with E-state index >= 15 is 0 Å². The molecule has 4 heteroatoms. The van der Waals surface area contributed by atoms with Crippen molar-refractivity contribution < 1.29 is 4.74 Å². The molecule has 4 nitrogen and oxygen atoms in total. The predicted octanol–water partition coefficient (Wildman–Crippen LogP) is 4.71. The van der Waals surface area contributed by atoms with Crippen LogP contribution in [0.5, 0.6) is 0 Å². The third-order valence-electron chi connectivity index (χ3n) is 6.09. The van der Waals surface area contributed by atoms with Crippen LogP contribution in [0, 0.1) is 13.8 Å². The van der Waals surface area contributed by atoms with Gasteiger partial charge in [0.1, 0.15) is 0 Å². The van der Waals surface area contributed by atoms with Crippen LogP contribution in [0.25, 0.3) is 10.8 Å². The Balaban J connectivity index is 1.59. The third kappa shape index (κ3) is 3.47. The first-order valence-corrected chi connectivity index (χ1v) is 10.7. The van der Waals surface area contributed by atoms with Gasteiger partial charge >= 0.3 is 0 Å². The molecular formula is C26H27N3O. The van der Waals surface area contributed by atoms with Crippen LogP contribution in [0.15, 0.2) is 64.6 Å². The average molecular weight is 398 g/mol. The minimum Gasteiger partial charge on any atom is -0.379 e. The highest BCUT2D eigenvalue weighted by Gasteiger charge is 2.27. The Kier molecular flexibility index (Phi) is 5.19. The van der Waals surface area contributed by atoms with Crippen molar-refractivity contribution in [2.75, 3.05) is 39.4 Å². The zero-order valence-electron chi connectivity index (χ0n) is 17.7. The van der Waals surface area contributed by atoms with Gasteiger partial charge in [0.25, 0.3) is 0 Å². The summed E-state index contributed by atoms with van der Waals surface area (Å²) in [4.78, 5) is 12.7.